The molecule has 0 radical (unpaired) electrons. The summed E-state index contributed by atoms with van der Waals surface area (Å²) in [5.74, 6) is 1.38. The minimum absolute atomic E-state index is 0.356. The summed E-state index contributed by atoms with van der Waals surface area (Å²) >= 11 is 0. The van der Waals surface area contributed by atoms with Crippen molar-refractivity contribution >= 4 is 0 Å². The third-order valence-electron chi connectivity index (χ3n) is 2.21. The normalized spacial score (nSPS) is 12.2. The molecule has 2 N–H and O–H groups in total. The highest BCUT2D eigenvalue weighted by Gasteiger charge is 2.07. The van der Waals surface area contributed by atoms with Gasteiger partial charge in [0.2, 0.25) is 0 Å². The Morgan fingerprint density at radius 1 is 1.35 bits per heavy atom. The van der Waals surface area contributed by atoms with E-state index in [9.17, 15) is 0 Å². The Balaban J connectivity index is 2.30. The monoisotopic (exact) mass is 233 g/mol. The average molecular weight is 233 g/mol. The molecule has 17 heavy (non-hydrogen) atoms. The van der Waals surface area contributed by atoms with Crippen LogP contribution >= 0.6 is 0 Å². The van der Waals surface area contributed by atoms with Gasteiger partial charge in [0.05, 0.1) is 19.5 Å². The van der Waals surface area contributed by atoms with Gasteiger partial charge >= 0.3 is 0 Å². The number of nitrogens with zero attached hydrogens (tertiary/aromatic N) is 2. The van der Waals surface area contributed by atoms with Crippen LogP contribution < -0.4 is 15.2 Å². The van der Waals surface area contributed by atoms with Crippen LogP contribution in [-0.4, -0.2) is 23.1 Å². The molecule has 0 saturated carbocycles. The number of ether oxygens (including phenoxy) is 2. The highest BCUT2D eigenvalue weighted by atomic mass is 16.5. The maximum atomic E-state index is 5.54. The quantitative estimate of drug-likeness (QED) is 0.814. The predicted octanol–water partition coefficient (Wildman–Crippen LogP) is 1.56. The molecule has 90 valence electrons. The van der Waals surface area contributed by atoms with Gasteiger partial charge in [-0.1, -0.05) is 12.1 Å². The first-order chi connectivity index (χ1) is 8.20. The van der Waals surface area contributed by atoms with E-state index < -0.39 is 0 Å². The summed E-state index contributed by atoms with van der Waals surface area (Å²) in [4.78, 5) is 0. The van der Waals surface area contributed by atoms with Crippen LogP contribution in [0.5, 0.6) is 11.5 Å². The number of aromatic nitrogens is 2. The zero-order valence-electron chi connectivity index (χ0n) is 9.83. The zero-order chi connectivity index (χ0) is 12.3. The van der Waals surface area contributed by atoms with E-state index in [-0.39, 0.29) is 6.23 Å². The fourth-order valence-electron chi connectivity index (χ4n) is 1.53. The summed E-state index contributed by atoms with van der Waals surface area (Å²) in [7, 11) is 1.63. The van der Waals surface area contributed by atoms with E-state index in [1.54, 1.807) is 31.1 Å². The van der Waals surface area contributed by atoms with Gasteiger partial charge in [-0.05, 0) is 19.1 Å². The number of rotatable bonds is 4. The number of benzene rings is 1. The number of hydrogen-bond acceptors (Lipinski definition) is 4. The molecular weight excluding hydrogens is 218 g/mol. The van der Waals surface area contributed by atoms with Gasteiger partial charge in [-0.25, -0.2) is 4.68 Å². The Labute approximate surface area is 99.8 Å². The predicted molar refractivity (Wildman–Crippen MR) is 64.4 cm³/mol. The lowest BCUT2D eigenvalue weighted by molar-refractivity contribution is 0.230. The number of hydrogen-bond donors (Lipinski definition) is 1. The highest BCUT2D eigenvalue weighted by Crippen LogP contribution is 2.23. The molecule has 0 spiro atoms. The second-order valence-corrected chi connectivity index (χ2v) is 3.62. The van der Waals surface area contributed by atoms with Crippen LogP contribution in [0.25, 0.3) is 5.69 Å². The molecule has 0 saturated heterocycles. The Morgan fingerprint density at radius 3 is 2.82 bits per heavy atom. The Morgan fingerprint density at radius 2 is 2.12 bits per heavy atom. The molecular formula is C12H15N3O2. The van der Waals surface area contributed by atoms with Crippen LogP contribution in [0.4, 0.5) is 0 Å². The van der Waals surface area contributed by atoms with Crippen LogP contribution in [0.15, 0.2) is 36.7 Å². The second kappa shape index (κ2) is 4.88. The first-order valence-electron chi connectivity index (χ1n) is 5.31. The van der Waals surface area contributed by atoms with Crippen molar-refractivity contribution in [3.8, 4) is 17.2 Å². The van der Waals surface area contributed by atoms with E-state index in [0.29, 0.717) is 5.75 Å². The van der Waals surface area contributed by atoms with Crippen LogP contribution in [-0.2, 0) is 0 Å². The molecule has 0 aliphatic carbocycles. The third-order valence-corrected chi connectivity index (χ3v) is 2.21. The van der Waals surface area contributed by atoms with E-state index in [0.717, 1.165) is 11.4 Å². The van der Waals surface area contributed by atoms with Crippen molar-refractivity contribution < 1.29 is 9.47 Å². The standard InChI is InChI=1S/C12H15N3O2/c1-9(13)17-10-7-14-15(8-10)11-5-3-4-6-12(11)16-2/h3-9H,13H2,1-2H3. The Hall–Kier alpha value is -2.01. The van der Waals surface area contributed by atoms with Gasteiger partial charge in [0.15, 0.2) is 5.75 Å². The van der Waals surface area contributed by atoms with Crippen molar-refractivity contribution in [1.82, 2.24) is 9.78 Å². The van der Waals surface area contributed by atoms with E-state index >= 15 is 0 Å². The van der Waals surface area contributed by atoms with Crippen molar-refractivity contribution in [3.63, 3.8) is 0 Å². The molecule has 1 aromatic carbocycles. The molecule has 1 unspecified atom stereocenters. The minimum Gasteiger partial charge on any atom is -0.494 e. The summed E-state index contributed by atoms with van der Waals surface area (Å²) < 4.78 is 12.3. The fraction of sp³-hybridized carbons (Fsp3) is 0.250. The van der Waals surface area contributed by atoms with Crippen molar-refractivity contribution in [3.05, 3.63) is 36.7 Å². The third kappa shape index (κ3) is 2.57. The lowest BCUT2D eigenvalue weighted by Gasteiger charge is -2.08. The molecule has 0 amide bonds. The molecule has 2 aromatic rings. The van der Waals surface area contributed by atoms with Gasteiger partial charge in [0.1, 0.15) is 17.7 Å². The summed E-state index contributed by atoms with van der Waals surface area (Å²) in [6.07, 6.45) is 3.03. The van der Waals surface area contributed by atoms with Crippen molar-refractivity contribution in [2.24, 2.45) is 5.73 Å². The SMILES string of the molecule is COc1ccccc1-n1cc(OC(C)N)cn1. The summed E-state index contributed by atoms with van der Waals surface area (Å²) in [6, 6.07) is 7.63. The largest absolute Gasteiger partial charge is 0.494 e. The smallest absolute Gasteiger partial charge is 0.160 e. The van der Waals surface area contributed by atoms with Gasteiger partial charge in [0.25, 0.3) is 0 Å². The Kier molecular flexibility index (Phi) is 3.30. The minimum atomic E-state index is -0.356. The van der Waals surface area contributed by atoms with Crippen molar-refractivity contribution in [1.29, 1.82) is 0 Å². The highest BCUT2D eigenvalue weighted by molar-refractivity contribution is 5.46. The van der Waals surface area contributed by atoms with Gasteiger partial charge in [-0.3, -0.25) is 5.73 Å². The zero-order valence-corrected chi connectivity index (χ0v) is 9.83. The second-order valence-electron chi connectivity index (χ2n) is 3.62. The van der Waals surface area contributed by atoms with Gasteiger partial charge in [-0.2, -0.15) is 5.10 Å². The summed E-state index contributed by atoms with van der Waals surface area (Å²) in [5.41, 5.74) is 6.40. The molecule has 5 heteroatoms. The van der Waals surface area contributed by atoms with Gasteiger partial charge < -0.3 is 9.47 Å². The topological polar surface area (TPSA) is 62.3 Å². The summed E-state index contributed by atoms with van der Waals surface area (Å²) in [5, 5.41) is 4.20. The fourth-order valence-corrected chi connectivity index (χ4v) is 1.53. The average Bonchev–Trinajstić information content (AvgIpc) is 2.76. The molecule has 0 aliphatic heterocycles. The van der Waals surface area contributed by atoms with E-state index in [1.807, 2.05) is 24.3 Å². The molecule has 0 aliphatic rings. The lowest BCUT2D eigenvalue weighted by Crippen LogP contribution is -2.22. The van der Waals surface area contributed by atoms with Crippen molar-refractivity contribution in [2.75, 3.05) is 7.11 Å². The molecule has 1 atom stereocenters. The molecule has 1 aromatic heterocycles. The van der Waals surface area contributed by atoms with Gasteiger partial charge in [0, 0.05) is 0 Å². The number of nitrogens with two attached hydrogens (primary N) is 1. The molecule has 1 heterocycles. The van der Waals surface area contributed by atoms with Crippen molar-refractivity contribution in [2.45, 2.75) is 13.2 Å². The lowest BCUT2D eigenvalue weighted by atomic mass is 10.3. The first kappa shape index (κ1) is 11.5. The van der Waals surface area contributed by atoms with Crippen LogP contribution in [0.3, 0.4) is 0 Å². The van der Waals surface area contributed by atoms with E-state index in [1.165, 1.54) is 0 Å². The molecule has 0 fully saturated rings. The number of methoxy groups -OCH3 is 1. The van der Waals surface area contributed by atoms with Gasteiger partial charge in [-0.15, -0.1) is 0 Å². The molecule has 5 nitrogen and oxygen atoms in total. The van der Waals surface area contributed by atoms with Crippen LogP contribution in [0.2, 0.25) is 0 Å². The molecule has 2 rings (SSSR count). The summed E-state index contributed by atoms with van der Waals surface area (Å²) in [6.45, 7) is 1.76. The maximum Gasteiger partial charge on any atom is 0.160 e. The molecule has 0 bridgehead atoms. The van der Waals surface area contributed by atoms with E-state index in [2.05, 4.69) is 5.10 Å². The Bertz CT molecular complexity index is 494. The van der Waals surface area contributed by atoms with E-state index in [4.69, 9.17) is 15.2 Å². The van der Waals surface area contributed by atoms with Crippen LogP contribution in [0, 0.1) is 0 Å². The number of para-hydroxylation sites is 2. The maximum absolute atomic E-state index is 5.54. The first-order valence-corrected chi connectivity index (χ1v) is 5.31. The van der Waals surface area contributed by atoms with Crippen LogP contribution in [0.1, 0.15) is 6.92 Å².